The monoisotopic (exact) mass is 481 g/mol. The van der Waals surface area contributed by atoms with Gasteiger partial charge in [0, 0.05) is 17.1 Å². The van der Waals surface area contributed by atoms with Crippen molar-refractivity contribution in [2.24, 2.45) is 0 Å². The number of nitrogens with one attached hydrogen (secondary N) is 1. The first-order chi connectivity index (χ1) is 15.6. The molecule has 1 aromatic heterocycles. The molecule has 2 aromatic carbocycles. The molecular weight excluding hydrogens is 461 g/mol. The molecule has 1 fully saturated rings. The molecule has 0 bridgehead atoms. The Kier molecular flexibility index (Phi) is 5.95. The number of nitrogens with zero attached hydrogens (tertiary/aromatic N) is 2. The van der Waals surface area contributed by atoms with Crippen LogP contribution in [-0.4, -0.2) is 21.5 Å². The first-order valence-electron chi connectivity index (χ1n) is 10.2. The first-order valence-corrected chi connectivity index (χ1v) is 11.0. The summed E-state index contributed by atoms with van der Waals surface area (Å²) in [6.45, 7) is 7.54. The smallest absolute Gasteiger partial charge is 0.270 e. The van der Waals surface area contributed by atoms with Gasteiger partial charge in [0.1, 0.15) is 11.4 Å². The Morgan fingerprint density at radius 1 is 1.03 bits per heavy atom. The second kappa shape index (κ2) is 8.57. The van der Waals surface area contributed by atoms with Crippen LogP contribution in [0.5, 0.6) is 0 Å². The third kappa shape index (κ3) is 4.10. The molecule has 2 heterocycles. The summed E-state index contributed by atoms with van der Waals surface area (Å²) in [5, 5.41) is 2.68. The molecule has 1 aliphatic rings. The highest BCUT2D eigenvalue weighted by atomic mass is 35.5. The van der Waals surface area contributed by atoms with E-state index in [2.05, 4.69) is 5.32 Å². The molecule has 0 unspecified atom stereocenters. The fraction of sp³-hybridized carbons (Fsp3) is 0.160. The minimum Gasteiger partial charge on any atom is -0.318 e. The number of aromatic nitrogens is 1. The highest BCUT2D eigenvalue weighted by Gasteiger charge is 2.35. The Labute approximate surface area is 201 Å². The summed E-state index contributed by atoms with van der Waals surface area (Å²) >= 11 is 11.3. The van der Waals surface area contributed by atoms with Crippen LogP contribution in [0.1, 0.15) is 28.1 Å². The van der Waals surface area contributed by atoms with Gasteiger partial charge in [-0.05, 0) is 93.0 Å². The molecule has 8 heteroatoms. The lowest BCUT2D eigenvalue weighted by atomic mass is 10.0. The van der Waals surface area contributed by atoms with Crippen molar-refractivity contribution >= 4 is 52.5 Å². The van der Waals surface area contributed by atoms with Gasteiger partial charge in [0.15, 0.2) is 5.11 Å². The second-order valence-corrected chi connectivity index (χ2v) is 8.80. The molecule has 5 nitrogen and oxygen atoms in total. The molecule has 1 aliphatic heterocycles. The molecule has 2 amide bonds. The van der Waals surface area contributed by atoms with Crippen molar-refractivity contribution in [2.45, 2.75) is 27.7 Å². The number of carbonyl (C=O) groups is 2. The summed E-state index contributed by atoms with van der Waals surface area (Å²) in [6, 6.07) is 12.0. The molecule has 0 saturated carbocycles. The Hall–Kier alpha value is -3.29. The van der Waals surface area contributed by atoms with E-state index in [0.717, 1.165) is 22.5 Å². The van der Waals surface area contributed by atoms with E-state index in [0.29, 0.717) is 16.9 Å². The predicted octanol–water partition coefficient (Wildman–Crippen LogP) is 5.33. The van der Waals surface area contributed by atoms with Crippen molar-refractivity contribution in [3.8, 4) is 5.69 Å². The van der Waals surface area contributed by atoms with Gasteiger partial charge in [-0.15, -0.1) is 0 Å². The van der Waals surface area contributed by atoms with Crippen molar-refractivity contribution in [3.63, 3.8) is 0 Å². The van der Waals surface area contributed by atoms with Crippen molar-refractivity contribution in [1.29, 1.82) is 0 Å². The number of hydrogen-bond acceptors (Lipinski definition) is 3. The Balaban J connectivity index is 1.79. The summed E-state index contributed by atoms with van der Waals surface area (Å²) < 4.78 is 15.5. The lowest BCUT2D eigenvalue weighted by Gasteiger charge is -2.30. The summed E-state index contributed by atoms with van der Waals surface area (Å²) in [6.07, 6.45) is 1.56. The van der Waals surface area contributed by atoms with Crippen LogP contribution in [0.2, 0.25) is 5.02 Å². The van der Waals surface area contributed by atoms with Gasteiger partial charge in [0.05, 0.1) is 10.7 Å². The van der Waals surface area contributed by atoms with Crippen LogP contribution in [0.15, 0.2) is 48.0 Å². The molecule has 168 valence electrons. The number of rotatable bonds is 3. The number of thiocarbonyl (C=S) groups is 1. The van der Waals surface area contributed by atoms with Crippen LogP contribution in [0.4, 0.5) is 10.1 Å². The predicted molar refractivity (Wildman–Crippen MR) is 132 cm³/mol. The van der Waals surface area contributed by atoms with Crippen molar-refractivity contribution in [1.82, 2.24) is 9.88 Å². The van der Waals surface area contributed by atoms with Gasteiger partial charge in [0.25, 0.3) is 11.8 Å². The number of carbonyl (C=O) groups excluding carboxylic acids is 2. The van der Waals surface area contributed by atoms with Crippen LogP contribution in [-0.2, 0) is 9.59 Å². The van der Waals surface area contributed by atoms with E-state index >= 15 is 0 Å². The zero-order chi connectivity index (χ0) is 24.0. The van der Waals surface area contributed by atoms with E-state index < -0.39 is 17.6 Å². The normalized spacial score (nSPS) is 15.4. The van der Waals surface area contributed by atoms with Crippen molar-refractivity contribution in [3.05, 3.63) is 87.0 Å². The Morgan fingerprint density at radius 3 is 2.45 bits per heavy atom. The van der Waals surface area contributed by atoms with E-state index in [-0.39, 0.29) is 15.7 Å². The first kappa shape index (κ1) is 22.9. The molecule has 1 N–H and O–H groups in total. The molecule has 1 saturated heterocycles. The van der Waals surface area contributed by atoms with E-state index in [9.17, 15) is 14.0 Å². The lowest BCUT2D eigenvalue weighted by Crippen LogP contribution is -2.54. The van der Waals surface area contributed by atoms with Gasteiger partial charge < -0.3 is 4.57 Å². The standard InChI is InChI=1S/C25H21ClFN3O2S/c1-13-5-6-14(2)22(9-13)30-24(32)19(23(31)28-25(30)33)11-17-10-15(3)29(16(17)4)18-7-8-21(27)20(26)12-18/h5-12H,1-4H3,(H,28,31,33)/b19-11+. The van der Waals surface area contributed by atoms with Gasteiger partial charge in [-0.3, -0.25) is 19.8 Å². The molecule has 0 aliphatic carbocycles. The molecule has 33 heavy (non-hydrogen) atoms. The van der Waals surface area contributed by atoms with E-state index in [1.165, 1.54) is 17.0 Å². The largest absolute Gasteiger partial charge is 0.318 e. The maximum absolute atomic E-state index is 13.6. The van der Waals surface area contributed by atoms with E-state index in [1.54, 1.807) is 12.1 Å². The summed E-state index contributed by atoms with van der Waals surface area (Å²) in [7, 11) is 0. The summed E-state index contributed by atoms with van der Waals surface area (Å²) in [5.74, 6) is -1.55. The average Bonchev–Trinajstić information content (AvgIpc) is 3.02. The maximum Gasteiger partial charge on any atom is 0.270 e. The number of benzene rings is 2. The number of amides is 2. The number of halogens is 2. The molecular formula is C25H21ClFN3O2S. The topological polar surface area (TPSA) is 54.3 Å². The van der Waals surface area contributed by atoms with Crippen LogP contribution < -0.4 is 10.2 Å². The van der Waals surface area contributed by atoms with Gasteiger partial charge in [-0.2, -0.15) is 0 Å². The quantitative estimate of drug-likeness (QED) is 0.312. The fourth-order valence-electron chi connectivity index (χ4n) is 3.95. The van der Waals surface area contributed by atoms with E-state index in [1.807, 2.05) is 56.5 Å². The second-order valence-electron chi connectivity index (χ2n) is 8.01. The molecule has 0 atom stereocenters. The lowest BCUT2D eigenvalue weighted by molar-refractivity contribution is -0.122. The number of hydrogen-bond donors (Lipinski definition) is 1. The fourth-order valence-corrected chi connectivity index (χ4v) is 4.40. The molecule has 4 rings (SSSR count). The van der Waals surface area contributed by atoms with Gasteiger partial charge in [-0.1, -0.05) is 23.7 Å². The van der Waals surface area contributed by atoms with Crippen molar-refractivity contribution in [2.75, 3.05) is 4.90 Å². The molecule has 0 radical (unpaired) electrons. The van der Waals surface area contributed by atoms with Crippen LogP contribution in [0, 0.1) is 33.5 Å². The molecule has 3 aromatic rings. The third-order valence-corrected chi connectivity index (χ3v) is 6.21. The van der Waals surface area contributed by atoms with E-state index in [4.69, 9.17) is 23.8 Å². The SMILES string of the molecule is Cc1ccc(C)c(N2C(=O)/C(=C/c3cc(C)n(-c4ccc(F)c(Cl)c4)c3C)C(=O)NC2=S)c1. The highest BCUT2D eigenvalue weighted by Crippen LogP contribution is 2.29. The summed E-state index contributed by atoms with van der Waals surface area (Å²) in [4.78, 5) is 27.5. The number of anilines is 1. The minimum absolute atomic E-state index is 0.0134. The van der Waals surface area contributed by atoms with Gasteiger partial charge in [0.2, 0.25) is 0 Å². The zero-order valence-electron chi connectivity index (χ0n) is 18.5. The highest BCUT2D eigenvalue weighted by molar-refractivity contribution is 7.80. The van der Waals surface area contributed by atoms with Crippen LogP contribution in [0.25, 0.3) is 11.8 Å². The van der Waals surface area contributed by atoms with Crippen LogP contribution >= 0.6 is 23.8 Å². The minimum atomic E-state index is -0.554. The average molecular weight is 482 g/mol. The molecule has 0 spiro atoms. The zero-order valence-corrected chi connectivity index (χ0v) is 20.1. The number of aryl methyl sites for hydroxylation is 3. The van der Waals surface area contributed by atoms with Crippen molar-refractivity contribution < 1.29 is 14.0 Å². The third-order valence-electron chi connectivity index (χ3n) is 5.64. The Morgan fingerprint density at radius 2 is 1.76 bits per heavy atom. The Bertz CT molecular complexity index is 1380. The summed E-state index contributed by atoms with van der Waals surface area (Å²) in [5.41, 5.74) is 5.40. The van der Waals surface area contributed by atoms with Gasteiger partial charge in [-0.25, -0.2) is 4.39 Å². The van der Waals surface area contributed by atoms with Gasteiger partial charge >= 0.3 is 0 Å². The van der Waals surface area contributed by atoms with Crippen LogP contribution in [0.3, 0.4) is 0 Å². The maximum atomic E-state index is 13.6.